The molecule has 7 heteroatoms. The highest BCUT2D eigenvalue weighted by atomic mass is 127. The number of nitrogens with zero attached hydrogens (tertiary/aromatic N) is 3. The zero-order valence-electron chi connectivity index (χ0n) is 12.5. The molecule has 0 bridgehead atoms. The van der Waals surface area contributed by atoms with Crippen molar-refractivity contribution in [2.24, 2.45) is 10.7 Å². The van der Waals surface area contributed by atoms with E-state index in [1.807, 2.05) is 60.1 Å². The van der Waals surface area contributed by atoms with E-state index in [2.05, 4.69) is 31.2 Å². The van der Waals surface area contributed by atoms with Crippen LogP contribution in [0.15, 0.2) is 58.3 Å². The summed E-state index contributed by atoms with van der Waals surface area (Å²) < 4.78 is 2.96. The van der Waals surface area contributed by atoms with Crippen LogP contribution in [0.25, 0.3) is 5.65 Å². The lowest BCUT2D eigenvalue weighted by Gasteiger charge is -2.05. The molecule has 5 nitrogen and oxygen atoms in total. The largest absolute Gasteiger partial charge is 0.370 e. The molecule has 3 N–H and O–H groups in total. The SMILES string of the molecule is Cc1ccc(NC(N)=NCc2cn3cc(Br)ccc3n2)cc1.I. The number of guanidine groups is 1. The van der Waals surface area contributed by atoms with Crippen molar-refractivity contribution >= 4 is 57.2 Å². The van der Waals surface area contributed by atoms with Gasteiger partial charge in [0.2, 0.25) is 0 Å². The van der Waals surface area contributed by atoms with Gasteiger partial charge in [-0.3, -0.25) is 0 Å². The molecular weight excluding hydrogens is 469 g/mol. The number of nitrogens with two attached hydrogens (primary N) is 1. The molecule has 0 aliphatic rings. The molecule has 0 aliphatic heterocycles. The third-order valence-electron chi connectivity index (χ3n) is 3.20. The summed E-state index contributed by atoms with van der Waals surface area (Å²) in [6.45, 7) is 2.48. The van der Waals surface area contributed by atoms with Gasteiger partial charge in [-0.2, -0.15) is 0 Å². The first-order valence-corrected chi connectivity index (χ1v) is 7.66. The van der Waals surface area contributed by atoms with Crippen LogP contribution in [0.4, 0.5) is 5.69 Å². The topological polar surface area (TPSA) is 67.7 Å². The Morgan fingerprint density at radius 2 is 1.96 bits per heavy atom. The summed E-state index contributed by atoms with van der Waals surface area (Å²) >= 11 is 3.44. The molecule has 0 fully saturated rings. The molecule has 0 aliphatic carbocycles. The van der Waals surface area contributed by atoms with Crippen molar-refractivity contribution in [3.63, 3.8) is 0 Å². The van der Waals surface area contributed by atoms with Gasteiger partial charge in [-0.15, -0.1) is 24.0 Å². The van der Waals surface area contributed by atoms with Gasteiger partial charge in [0.15, 0.2) is 5.96 Å². The van der Waals surface area contributed by atoms with Crippen LogP contribution in [0, 0.1) is 6.92 Å². The lowest BCUT2D eigenvalue weighted by atomic mass is 10.2. The Bertz CT molecular complexity index is 826. The Labute approximate surface area is 160 Å². The number of hydrogen-bond acceptors (Lipinski definition) is 2. The Morgan fingerprint density at radius 1 is 1.22 bits per heavy atom. The summed E-state index contributed by atoms with van der Waals surface area (Å²) in [6.07, 6.45) is 3.91. The van der Waals surface area contributed by atoms with Gasteiger partial charge in [0.05, 0.1) is 12.2 Å². The average molecular weight is 486 g/mol. The van der Waals surface area contributed by atoms with Crippen LogP contribution in [-0.2, 0) is 6.54 Å². The molecule has 0 unspecified atom stereocenters. The van der Waals surface area contributed by atoms with Crippen molar-refractivity contribution in [2.45, 2.75) is 13.5 Å². The van der Waals surface area contributed by atoms with Crippen LogP contribution in [0.5, 0.6) is 0 Å². The van der Waals surface area contributed by atoms with Gasteiger partial charge >= 0.3 is 0 Å². The fraction of sp³-hybridized carbons (Fsp3) is 0.125. The van der Waals surface area contributed by atoms with Gasteiger partial charge in [0, 0.05) is 22.6 Å². The summed E-state index contributed by atoms with van der Waals surface area (Å²) in [5.41, 5.74) is 9.79. The molecular formula is C16H17BrIN5. The predicted octanol–water partition coefficient (Wildman–Crippen LogP) is 3.95. The number of aromatic nitrogens is 2. The molecule has 0 amide bonds. The van der Waals surface area contributed by atoms with Crippen LogP contribution in [0.3, 0.4) is 0 Å². The van der Waals surface area contributed by atoms with E-state index in [1.165, 1.54) is 5.56 Å². The van der Waals surface area contributed by atoms with Gasteiger partial charge < -0.3 is 15.5 Å². The second-order valence-corrected chi connectivity index (χ2v) is 5.95. The standard InChI is InChI=1S/C16H16BrN5.HI/c1-11-2-5-13(6-3-11)21-16(18)19-8-14-10-22-9-12(17)4-7-15(22)20-14;/h2-7,9-10H,8H2,1H3,(H3,18,19,21);1H. The van der Waals surface area contributed by atoms with Crippen LogP contribution >= 0.6 is 39.9 Å². The molecule has 23 heavy (non-hydrogen) atoms. The van der Waals surface area contributed by atoms with Crippen molar-refractivity contribution < 1.29 is 0 Å². The van der Waals surface area contributed by atoms with Crippen molar-refractivity contribution in [1.29, 1.82) is 0 Å². The number of aryl methyl sites for hydroxylation is 1. The Hall–Kier alpha value is -1.61. The normalized spacial score (nSPS) is 11.3. The monoisotopic (exact) mass is 485 g/mol. The molecule has 1 aromatic carbocycles. The molecule has 0 saturated heterocycles. The zero-order valence-corrected chi connectivity index (χ0v) is 16.4. The minimum absolute atomic E-state index is 0. The van der Waals surface area contributed by atoms with Crippen molar-refractivity contribution in [3.05, 3.63) is 64.5 Å². The van der Waals surface area contributed by atoms with E-state index in [1.54, 1.807) is 0 Å². The molecule has 0 saturated carbocycles. The van der Waals surface area contributed by atoms with E-state index in [-0.39, 0.29) is 24.0 Å². The molecule has 0 atom stereocenters. The summed E-state index contributed by atoms with van der Waals surface area (Å²) in [6, 6.07) is 11.9. The number of nitrogens with one attached hydrogen (secondary N) is 1. The number of rotatable bonds is 3. The van der Waals surface area contributed by atoms with Crippen LogP contribution < -0.4 is 11.1 Å². The van der Waals surface area contributed by atoms with Gasteiger partial charge in [-0.1, -0.05) is 17.7 Å². The minimum atomic E-state index is 0. The summed E-state index contributed by atoms with van der Waals surface area (Å²) in [5, 5.41) is 3.07. The third kappa shape index (κ3) is 4.68. The number of halogens is 2. The molecule has 2 aromatic heterocycles. The fourth-order valence-corrected chi connectivity index (χ4v) is 2.44. The van der Waals surface area contributed by atoms with Crippen molar-refractivity contribution in [3.8, 4) is 0 Å². The number of hydrogen-bond donors (Lipinski definition) is 2. The second-order valence-electron chi connectivity index (χ2n) is 5.04. The fourth-order valence-electron chi connectivity index (χ4n) is 2.08. The van der Waals surface area contributed by atoms with Crippen LogP contribution in [0.2, 0.25) is 0 Å². The number of imidazole rings is 1. The highest BCUT2D eigenvalue weighted by molar-refractivity contribution is 14.0. The molecule has 3 rings (SSSR count). The summed E-state index contributed by atoms with van der Waals surface area (Å²) in [5.74, 6) is 0.377. The Kier molecular flexibility index (Phi) is 6.00. The molecule has 120 valence electrons. The molecule has 3 aromatic rings. The number of aliphatic imine (C=N–C) groups is 1. The number of anilines is 1. The van der Waals surface area contributed by atoms with E-state index in [0.717, 1.165) is 21.5 Å². The van der Waals surface area contributed by atoms with Crippen LogP contribution in [-0.4, -0.2) is 15.3 Å². The van der Waals surface area contributed by atoms with Crippen molar-refractivity contribution in [1.82, 2.24) is 9.38 Å². The lowest BCUT2D eigenvalue weighted by molar-refractivity contribution is 1.01. The molecule has 0 spiro atoms. The Morgan fingerprint density at radius 3 is 2.70 bits per heavy atom. The molecule has 0 radical (unpaired) electrons. The first-order valence-electron chi connectivity index (χ1n) is 6.87. The maximum Gasteiger partial charge on any atom is 0.193 e. The quantitative estimate of drug-likeness (QED) is 0.335. The smallest absolute Gasteiger partial charge is 0.193 e. The number of fused-ring (bicyclic) bond motifs is 1. The maximum absolute atomic E-state index is 5.91. The summed E-state index contributed by atoms with van der Waals surface area (Å²) in [4.78, 5) is 8.82. The maximum atomic E-state index is 5.91. The predicted molar refractivity (Wildman–Crippen MR) is 108 cm³/mol. The average Bonchev–Trinajstić information content (AvgIpc) is 2.89. The number of benzene rings is 1. The summed E-state index contributed by atoms with van der Waals surface area (Å²) in [7, 11) is 0. The van der Waals surface area contributed by atoms with E-state index >= 15 is 0 Å². The van der Waals surface area contributed by atoms with E-state index in [4.69, 9.17) is 5.73 Å². The third-order valence-corrected chi connectivity index (χ3v) is 3.67. The zero-order chi connectivity index (χ0) is 15.5. The van der Waals surface area contributed by atoms with E-state index in [0.29, 0.717) is 12.5 Å². The van der Waals surface area contributed by atoms with E-state index in [9.17, 15) is 0 Å². The second kappa shape index (κ2) is 7.78. The van der Waals surface area contributed by atoms with Gasteiger partial charge in [-0.05, 0) is 47.1 Å². The first-order chi connectivity index (χ1) is 10.6. The van der Waals surface area contributed by atoms with Gasteiger partial charge in [-0.25, -0.2) is 9.98 Å². The highest BCUT2D eigenvalue weighted by Gasteiger charge is 2.02. The van der Waals surface area contributed by atoms with Crippen LogP contribution in [0.1, 0.15) is 11.3 Å². The Balaban J connectivity index is 0.00000192. The number of pyridine rings is 1. The van der Waals surface area contributed by atoms with Gasteiger partial charge in [0.1, 0.15) is 5.65 Å². The first kappa shape index (κ1) is 17.7. The highest BCUT2D eigenvalue weighted by Crippen LogP contribution is 2.13. The lowest BCUT2D eigenvalue weighted by Crippen LogP contribution is -2.22. The minimum Gasteiger partial charge on any atom is -0.370 e. The van der Waals surface area contributed by atoms with E-state index < -0.39 is 0 Å². The van der Waals surface area contributed by atoms with Crippen molar-refractivity contribution in [2.75, 3.05) is 5.32 Å². The molecule has 2 heterocycles. The van der Waals surface area contributed by atoms with Gasteiger partial charge in [0.25, 0.3) is 0 Å².